The summed E-state index contributed by atoms with van der Waals surface area (Å²) in [5, 5.41) is 6.96. The highest BCUT2D eigenvalue weighted by Gasteiger charge is 2.77. The highest BCUT2D eigenvalue weighted by Crippen LogP contribution is 2.44. The third kappa shape index (κ3) is 1.94. The minimum atomic E-state index is -2.64. The van der Waals surface area contributed by atoms with Crippen molar-refractivity contribution in [3.8, 4) is 0 Å². The first-order valence-electron chi connectivity index (χ1n) is 5.61. The van der Waals surface area contributed by atoms with Crippen LogP contribution in [0.3, 0.4) is 0 Å². The molecule has 1 heterocycles. The normalized spacial score (nSPS) is 17.7. The summed E-state index contributed by atoms with van der Waals surface area (Å²) in [6.07, 6.45) is 0. The van der Waals surface area contributed by atoms with E-state index in [4.69, 9.17) is 0 Å². The van der Waals surface area contributed by atoms with E-state index < -0.39 is 41.4 Å². The lowest BCUT2D eigenvalue weighted by atomic mass is 9.70. The SMILES string of the molecule is COC(=O)C1(C(=O)OC)CN=NC1(C(=O)OC)C(=O)OC. The van der Waals surface area contributed by atoms with Crippen LogP contribution in [0.4, 0.5) is 0 Å². The van der Waals surface area contributed by atoms with Crippen molar-refractivity contribution in [2.45, 2.75) is 5.54 Å². The van der Waals surface area contributed by atoms with Crippen LogP contribution in [0, 0.1) is 5.41 Å². The Morgan fingerprint density at radius 1 is 0.762 bits per heavy atom. The van der Waals surface area contributed by atoms with E-state index in [-0.39, 0.29) is 0 Å². The molecule has 0 saturated carbocycles. The van der Waals surface area contributed by atoms with Crippen molar-refractivity contribution in [1.82, 2.24) is 0 Å². The summed E-state index contributed by atoms with van der Waals surface area (Å²) in [7, 11) is 3.87. The molecule has 0 aliphatic carbocycles. The first-order chi connectivity index (χ1) is 9.88. The van der Waals surface area contributed by atoms with Crippen LogP contribution in [0.5, 0.6) is 0 Å². The van der Waals surface area contributed by atoms with Gasteiger partial charge in [-0.05, 0) is 0 Å². The van der Waals surface area contributed by atoms with Crippen molar-refractivity contribution in [3.05, 3.63) is 0 Å². The number of hydrogen-bond donors (Lipinski definition) is 0. The Hall–Kier alpha value is -2.52. The summed E-state index contributed by atoms with van der Waals surface area (Å²) in [5.74, 6) is -5.00. The largest absolute Gasteiger partial charge is 0.468 e. The molecule has 1 rings (SSSR count). The third-order valence-corrected chi connectivity index (χ3v) is 3.18. The minimum Gasteiger partial charge on any atom is -0.468 e. The van der Waals surface area contributed by atoms with Gasteiger partial charge in [-0.3, -0.25) is 9.59 Å². The van der Waals surface area contributed by atoms with Crippen LogP contribution < -0.4 is 0 Å². The molecule has 0 aromatic heterocycles. The van der Waals surface area contributed by atoms with Crippen LogP contribution in [0.2, 0.25) is 0 Å². The van der Waals surface area contributed by atoms with E-state index in [0.717, 1.165) is 28.4 Å². The maximum Gasteiger partial charge on any atom is 0.349 e. The number of azo groups is 1. The minimum absolute atomic E-state index is 0.615. The van der Waals surface area contributed by atoms with Crippen LogP contribution >= 0.6 is 0 Å². The van der Waals surface area contributed by atoms with E-state index in [1.54, 1.807) is 0 Å². The Balaban J connectivity index is 3.68. The fourth-order valence-electron chi connectivity index (χ4n) is 2.11. The second-order valence-electron chi connectivity index (χ2n) is 3.98. The summed E-state index contributed by atoms with van der Waals surface area (Å²) < 4.78 is 18.1. The predicted molar refractivity (Wildman–Crippen MR) is 63.0 cm³/mol. The highest BCUT2D eigenvalue weighted by molar-refractivity contribution is 6.18. The Kier molecular flexibility index (Phi) is 4.61. The number of hydrogen-bond acceptors (Lipinski definition) is 10. The topological polar surface area (TPSA) is 130 Å². The zero-order valence-electron chi connectivity index (χ0n) is 11.9. The van der Waals surface area contributed by atoms with Gasteiger partial charge in [0, 0.05) is 0 Å². The van der Waals surface area contributed by atoms with E-state index in [2.05, 4.69) is 29.2 Å². The van der Waals surface area contributed by atoms with Crippen LogP contribution in [-0.2, 0) is 38.1 Å². The van der Waals surface area contributed by atoms with E-state index in [1.165, 1.54) is 0 Å². The number of nitrogens with zero attached hydrogens (tertiary/aromatic N) is 2. The van der Waals surface area contributed by atoms with Crippen molar-refractivity contribution in [2.75, 3.05) is 35.0 Å². The van der Waals surface area contributed by atoms with E-state index in [1.807, 2.05) is 0 Å². The summed E-state index contributed by atoms with van der Waals surface area (Å²) in [4.78, 5) is 48.5. The molecule has 1 aliphatic heterocycles. The lowest BCUT2D eigenvalue weighted by Crippen LogP contribution is -2.65. The zero-order chi connectivity index (χ0) is 16.3. The lowest BCUT2D eigenvalue weighted by molar-refractivity contribution is -0.186. The Morgan fingerprint density at radius 2 is 1.14 bits per heavy atom. The van der Waals surface area contributed by atoms with Gasteiger partial charge in [-0.25, -0.2) is 9.59 Å². The molecule has 21 heavy (non-hydrogen) atoms. The Labute approximate surface area is 119 Å². The highest BCUT2D eigenvalue weighted by atomic mass is 16.6. The molecule has 1 aliphatic rings. The Bertz CT molecular complexity index is 480. The van der Waals surface area contributed by atoms with Gasteiger partial charge in [-0.15, -0.1) is 0 Å². The van der Waals surface area contributed by atoms with Crippen molar-refractivity contribution < 1.29 is 38.1 Å². The Morgan fingerprint density at radius 3 is 1.48 bits per heavy atom. The number of carbonyl (C=O) groups is 4. The number of esters is 4. The van der Waals surface area contributed by atoms with Crippen LogP contribution in [0.25, 0.3) is 0 Å². The van der Waals surface area contributed by atoms with Gasteiger partial charge >= 0.3 is 29.4 Å². The smallest absolute Gasteiger partial charge is 0.349 e. The standard InChI is InChI=1S/C11H14N2O8/c1-18-6(14)10(7(15)19-2)5-12-13-11(10,8(16)20-3)9(17)21-4/h5H2,1-4H3. The first kappa shape index (κ1) is 16.5. The maximum absolute atomic E-state index is 12.1. The van der Waals surface area contributed by atoms with Gasteiger partial charge in [0.25, 0.3) is 0 Å². The third-order valence-electron chi connectivity index (χ3n) is 3.18. The molecule has 0 radical (unpaired) electrons. The molecule has 116 valence electrons. The summed E-state index contributed by atoms with van der Waals surface area (Å²) in [5.41, 5.74) is -5.08. The maximum atomic E-state index is 12.1. The fourth-order valence-corrected chi connectivity index (χ4v) is 2.11. The molecule has 0 aromatic carbocycles. The molecular formula is C11H14N2O8. The monoisotopic (exact) mass is 302 g/mol. The van der Waals surface area contributed by atoms with E-state index in [0.29, 0.717) is 0 Å². The number of methoxy groups -OCH3 is 4. The number of carbonyl (C=O) groups excluding carboxylic acids is 4. The number of rotatable bonds is 4. The second kappa shape index (κ2) is 5.85. The molecule has 0 amide bonds. The van der Waals surface area contributed by atoms with Gasteiger partial charge in [0.05, 0.1) is 35.0 Å². The zero-order valence-corrected chi connectivity index (χ0v) is 11.9. The molecular weight excluding hydrogens is 288 g/mol. The van der Waals surface area contributed by atoms with Crippen LogP contribution in [0.1, 0.15) is 0 Å². The first-order valence-corrected chi connectivity index (χ1v) is 5.61. The quantitative estimate of drug-likeness (QED) is 0.362. The molecule has 0 spiro atoms. The van der Waals surface area contributed by atoms with Gasteiger partial charge in [0.1, 0.15) is 0 Å². The lowest BCUT2D eigenvalue weighted by Gasteiger charge is -2.33. The second-order valence-corrected chi connectivity index (χ2v) is 3.98. The van der Waals surface area contributed by atoms with Crippen LogP contribution in [-0.4, -0.2) is 64.4 Å². The molecule has 10 nitrogen and oxygen atoms in total. The van der Waals surface area contributed by atoms with Gasteiger partial charge in [0.15, 0.2) is 0 Å². The average Bonchev–Trinajstić information content (AvgIpc) is 2.93. The molecule has 0 atom stereocenters. The van der Waals surface area contributed by atoms with Gasteiger partial charge in [-0.1, -0.05) is 0 Å². The molecule has 10 heteroatoms. The summed E-state index contributed by atoms with van der Waals surface area (Å²) in [6.45, 7) is -0.615. The average molecular weight is 302 g/mol. The molecule has 0 unspecified atom stereocenters. The molecule has 0 fully saturated rings. The predicted octanol–water partition coefficient (Wildman–Crippen LogP) is -1.13. The van der Waals surface area contributed by atoms with Crippen molar-refractivity contribution >= 4 is 23.9 Å². The number of ether oxygens (including phenoxy) is 4. The van der Waals surface area contributed by atoms with E-state index in [9.17, 15) is 19.2 Å². The summed E-state index contributed by atoms with van der Waals surface area (Å²) >= 11 is 0. The fraction of sp³-hybridized carbons (Fsp3) is 0.636. The summed E-state index contributed by atoms with van der Waals surface area (Å²) in [6, 6.07) is 0. The van der Waals surface area contributed by atoms with Gasteiger partial charge in [-0.2, -0.15) is 10.2 Å². The molecule has 0 N–H and O–H groups in total. The molecule has 0 saturated heterocycles. The van der Waals surface area contributed by atoms with Crippen molar-refractivity contribution in [2.24, 2.45) is 15.6 Å². The molecule has 0 bridgehead atoms. The molecule has 0 aromatic rings. The van der Waals surface area contributed by atoms with Crippen LogP contribution in [0.15, 0.2) is 10.2 Å². The van der Waals surface area contributed by atoms with E-state index >= 15 is 0 Å². The van der Waals surface area contributed by atoms with Crippen molar-refractivity contribution in [1.29, 1.82) is 0 Å². The van der Waals surface area contributed by atoms with Gasteiger partial charge in [0.2, 0.25) is 5.41 Å². The van der Waals surface area contributed by atoms with Gasteiger partial charge < -0.3 is 18.9 Å². The van der Waals surface area contributed by atoms with Crippen molar-refractivity contribution in [3.63, 3.8) is 0 Å².